The summed E-state index contributed by atoms with van der Waals surface area (Å²) in [5.41, 5.74) is 0.867. The number of rotatable bonds is 3. The zero-order valence-corrected chi connectivity index (χ0v) is 8.26. The van der Waals surface area contributed by atoms with E-state index in [-0.39, 0.29) is 0 Å². The molecule has 72 valence electrons. The van der Waals surface area contributed by atoms with E-state index in [1.165, 1.54) is 0 Å². The van der Waals surface area contributed by atoms with Gasteiger partial charge in [-0.25, -0.2) is 0 Å². The van der Waals surface area contributed by atoms with E-state index in [4.69, 9.17) is 0 Å². The molecule has 13 heavy (non-hydrogen) atoms. The van der Waals surface area contributed by atoms with Gasteiger partial charge in [0.15, 0.2) is 0 Å². The van der Waals surface area contributed by atoms with Crippen LogP contribution >= 0.6 is 0 Å². The minimum atomic E-state index is -4.49. The van der Waals surface area contributed by atoms with Crippen LogP contribution in [0, 0.1) is 0 Å². The van der Waals surface area contributed by atoms with Crippen molar-refractivity contribution in [3.05, 3.63) is 35.9 Å². The molecule has 1 aromatic rings. The van der Waals surface area contributed by atoms with Gasteiger partial charge in [0.2, 0.25) is 0 Å². The van der Waals surface area contributed by atoms with Crippen molar-refractivity contribution >= 4 is 15.3 Å². The van der Waals surface area contributed by atoms with Crippen molar-refractivity contribution in [3.8, 4) is 0 Å². The normalized spacial score (nSPS) is 11.6. The molecule has 0 aromatic heterocycles. The van der Waals surface area contributed by atoms with Gasteiger partial charge in [0, 0.05) is 0 Å². The monoisotopic (exact) mass is 256 g/mol. The molecule has 0 saturated heterocycles. The van der Waals surface area contributed by atoms with Crippen molar-refractivity contribution in [2.75, 3.05) is 0 Å². The molecule has 0 amide bonds. The molecule has 0 unspecified atom stereocenters. The summed E-state index contributed by atoms with van der Waals surface area (Å²) < 4.78 is 38.4. The molecule has 0 bridgehead atoms. The third-order valence-electron chi connectivity index (χ3n) is 1.22. The molecule has 0 aliphatic rings. The minimum absolute atomic E-state index is 0.341. The molecular formula is C8H7F3OSe. The third kappa shape index (κ3) is 4.93. The maximum atomic E-state index is 11.6. The molecule has 0 saturated carbocycles. The summed E-state index contributed by atoms with van der Waals surface area (Å²) in [5.74, 6) is 0. The quantitative estimate of drug-likeness (QED) is 0.753. The molecule has 1 aromatic carbocycles. The Morgan fingerprint density at radius 3 is 2.31 bits per heavy atom. The zero-order chi connectivity index (χ0) is 9.73. The van der Waals surface area contributed by atoms with E-state index >= 15 is 0 Å². The fourth-order valence-electron chi connectivity index (χ4n) is 0.739. The molecule has 5 heteroatoms. The van der Waals surface area contributed by atoms with Crippen LogP contribution in [0.15, 0.2) is 30.3 Å². The summed E-state index contributed by atoms with van der Waals surface area (Å²) in [6.07, 6.45) is -4.49. The van der Waals surface area contributed by atoms with E-state index in [2.05, 4.69) is 3.82 Å². The molecular weight excluding hydrogens is 248 g/mol. The van der Waals surface area contributed by atoms with Gasteiger partial charge < -0.3 is 0 Å². The number of hydrogen-bond acceptors (Lipinski definition) is 1. The summed E-state index contributed by atoms with van der Waals surface area (Å²) in [7, 11) is 0. The van der Waals surface area contributed by atoms with Crippen molar-refractivity contribution in [3.63, 3.8) is 0 Å². The molecule has 1 nitrogen and oxygen atoms in total. The first-order valence-electron chi connectivity index (χ1n) is 3.49. The molecule has 0 spiro atoms. The van der Waals surface area contributed by atoms with Crippen LogP contribution in [-0.2, 0) is 9.14 Å². The van der Waals surface area contributed by atoms with Crippen molar-refractivity contribution in [1.29, 1.82) is 0 Å². The molecule has 0 atom stereocenters. The van der Waals surface area contributed by atoms with Crippen molar-refractivity contribution < 1.29 is 17.0 Å². The summed E-state index contributed by atoms with van der Waals surface area (Å²) in [5, 5.41) is 0.341. The van der Waals surface area contributed by atoms with Crippen LogP contribution in [-0.4, -0.2) is 21.6 Å². The molecule has 0 aliphatic carbocycles. The van der Waals surface area contributed by atoms with Crippen LogP contribution < -0.4 is 0 Å². The van der Waals surface area contributed by atoms with Gasteiger partial charge in [-0.15, -0.1) is 0 Å². The number of hydrogen-bond donors (Lipinski definition) is 0. The Morgan fingerprint density at radius 2 is 1.77 bits per heavy atom. The van der Waals surface area contributed by atoms with Gasteiger partial charge in [-0.05, 0) is 0 Å². The first-order valence-corrected chi connectivity index (χ1v) is 5.40. The Balaban J connectivity index is 2.29. The second kappa shape index (κ2) is 4.65. The van der Waals surface area contributed by atoms with Crippen LogP contribution in [0.2, 0.25) is 0 Å². The first-order chi connectivity index (χ1) is 6.08. The fraction of sp³-hybridized carbons (Fsp3) is 0.250. The maximum absolute atomic E-state index is 11.6. The van der Waals surface area contributed by atoms with Crippen LogP contribution in [0.3, 0.4) is 0 Å². The predicted octanol–water partition coefficient (Wildman–Crippen LogP) is 2.34. The van der Waals surface area contributed by atoms with Crippen LogP contribution in [0.4, 0.5) is 13.2 Å². The Hall–Kier alpha value is -0.511. The predicted molar refractivity (Wildman–Crippen MR) is 43.0 cm³/mol. The van der Waals surface area contributed by atoms with E-state index in [0.717, 1.165) is 5.56 Å². The summed E-state index contributed by atoms with van der Waals surface area (Å²) >= 11 is -0.862. The van der Waals surface area contributed by atoms with Gasteiger partial charge in [0.05, 0.1) is 0 Å². The number of alkyl halides is 3. The molecule has 0 heterocycles. The van der Waals surface area contributed by atoms with E-state index < -0.39 is 21.6 Å². The summed E-state index contributed by atoms with van der Waals surface area (Å²) in [4.78, 5) is 0. The first kappa shape index (κ1) is 10.6. The summed E-state index contributed by atoms with van der Waals surface area (Å²) in [6, 6.07) is 8.96. The van der Waals surface area contributed by atoms with Gasteiger partial charge in [-0.3, -0.25) is 0 Å². The SMILES string of the molecule is FC(F)(F)O[Se]Cc1ccccc1. The molecule has 0 aliphatic heterocycles. The van der Waals surface area contributed by atoms with Crippen molar-refractivity contribution in [1.82, 2.24) is 0 Å². The summed E-state index contributed by atoms with van der Waals surface area (Å²) in [6.45, 7) is 0. The van der Waals surface area contributed by atoms with Crippen LogP contribution in [0.25, 0.3) is 0 Å². The van der Waals surface area contributed by atoms with Gasteiger partial charge >= 0.3 is 79.9 Å². The van der Waals surface area contributed by atoms with E-state index in [9.17, 15) is 13.2 Å². The number of halogens is 3. The second-order valence-electron chi connectivity index (χ2n) is 2.28. The standard InChI is InChI=1S/C8H7F3OSe/c9-8(10,11)12-13-6-7-4-2-1-3-5-7/h1-5H,6H2. The Bertz CT molecular complexity index is 247. The molecule has 0 N–H and O–H groups in total. The van der Waals surface area contributed by atoms with Gasteiger partial charge in [0.1, 0.15) is 0 Å². The van der Waals surface area contributed by atoms with Crippen LogP contribution in [0.5, 0.6) is 0 Å². The van der Waals surface area contributed by atoms with E-state index in [1.54, 1.807) is 24.3 Å². The van der Waals surface area contributed by atoms with Gasteiger partial charge in [-0.1, -0.05) is 0 Å². The molecule has 1 rings (SSSR count). The van der Waals surface area contributed by atoms with E-state index in [1.807, 2.05) is 6.07 Å². The van der Waals surface area contributed by atoms with E-state index in [0.29, 0.717) is 5.32 Å². The second-order valence-corrected chi connectivity index (χ2v) is 3.73. The topological polar surface area (TPSA) is 9.23 Å². The van der Waals surface area contributed by atoms with Crippen LogP contribution in [0.1, 0.15) is 5.56 Å². The number of benzene rings is 1. The Kier molecular flexibility index (Phi) is 3.78. The average Bonchev–Trinajstić information content (AvgIpc) is 2.04. The zero-order valence-electron chi connectivity index (χ0n) is 6.54. The molecule has 0 radical (unpaired) electrons. The van der Waals surface area contributed by atoms with Crippen molar-refractivity contribution in [2.45, 2.75) is 11.7 Å². The van der Waals surface area contributed by atoms with Crippen molar-refractivity contribution in [2.24, 2.45) is 0 Å². The Labute approximate surface area is 80.4 Å². The van der Waals surface area contributed by atoms with Gasteiger partial charge in [-0.2, -0.15) is 0 Å². The Morgan fingerprint density at radius 1 is 1.15 bits per heavy atom. The third-order valence-corrected chi connectivity index (χ3v) is 2.81. The fourth-order valence-corrected chi connectivity index (χ4v) is 1.83. The average molecular weight is 255 g/mol. The van der Waals surface area contributed by atoms with Gasteiger partial charge in [0.25, 0.3) is 0 Å². The molecule has 0 fully saturated rings.